The molecule has 1 heterocycles. The molecule has 0 aliphatic carbocycles. The van der Waals surface area contributed by atoms with Crippen molar-refractivity contribution in [3.8, 4) is 0 Å². The molecule has 0 aliphatic heterocycles. The monoisotopic (exact) mass is 282 g/mol. The van der Waals surface area contributed by atoms with Crippen LogP contribution in [-0.2, 0) is 10.5 Å². The predicted molar refractivity (Wildman–Crippen MR) is 78.9 cm³/mol. The van der Waals surface area contributed by atoms with Gasteiger partial charge in [0.15, 0.2) is 0 Å². The summed E-state index contributed by atoms with van der Waals surface area (Å²) in [7, 11) is 0. The molecule has 1 aromatic heterocycles. The second kappa shape index (κ2) is 8.93. The second-order valence-electron chi connectivity index (χ2n) is 4.57. The lowest BCUT2D eigenvalue weighted by molar-refractivity contribution is -0.119. The van der Waals surface area contributed by atoms with Crippen LogP contribution in [0.4, 0.5) is 0 Å². The van der Waals surface area contributed by atoms with E-state index in [0.717, 1.165) is 17.9 Å². The van der Waals surface area contributed by atoms with Crippen LogP contribution in [0.3, 0.4) is 0 Å². The van der Waals surface area contributed by atoms with Gasteiger partial charge >= 0.3 is 0 Å². The first-order chi connectivity index (χ1) is 9.13. The molecule has 0 spiro atoms. The van der Waals surface area contributed by atoms with E-state index in [9.17, 15) is 9.90 Å². The molecule has 0 bridgehead atoms. The molecule has 5 heteroatoms. The van der Waals surface area contributed by atoms with Crippen LogP contribution in [0.2, 0.25) is 0 Å². The molecule has 19 heavy (non-hydrogen) atoms. The smallest absolute Gasteiger partial charge is 0.230 e. The Morgan fingerprint density at radius 3 is 2.95 bits per heavy atom. The maximum atomic E-state index is 11.6. The van der Waals surface area contributed by atoms with Crippen LogP contribution in [-0.4, -0.2) is 34.4 Å². The summed E-state index contributed by atoms with van der Waals surface area (Å²) in [6.07, 6.45) is 2.19. The molecule has 1 aromatic rings. The van der Waals surface area contributed by atoms with Gasteiger partial charge in [-0.15, -0.1) is 11.8 Å². The van der Waals surface area contributed by atoms with E-state index in [1.165, 1.54) is 11.8 Å². The number of hydrogen-bond donors (Lipinski definition) is 2. The summed E-state index contributed by atoms with van der Waals surface area (Å²) in [6.45, 7) is 4.34. The number of thioether (sulfide) groups is 1. The third-order valence-electron chi connectivity index (χ3n) is 3.02. The van der Waals surface area contributed by atoms with Crippen molar-refractivity contribution in [3.05, 3.63) is 30.1 Å². The van der Waals surface area contributed by atoms with Gasteiger partial charge in [-0.2, -0.15) is 0 Å². The van der Waals surface area contributed by atoms with Crippen molar-refractivity contribution in [2.45, 2.75) is 32.1 Å². The van der Waals surface area contributed by atoms with Gasteiger partial charge in [0, 0.05) is 18.5 Å². The summed E-state index contributed by atoms with van der Waals surface area (Å²) < 4.78 is 0. The third-order valence-corrected chi connectivity index (χ3v) is 3.98. The first-order valence-corrected chi connectivity index (χ1v) is 7.71. The molecule has 0 fully saturated rings. The normalized spacial score (nSPS) is 13.8. The zero-order chi connectivity index (χ0) is 14.1. The highest BCUT2D eigenvalue weighted by molar-refractivity contribution is 7.99. The van der Waals surface area contributed by atoms with Crippen LogP contribution in [0.5, 0.6) is 0 Å². The summed E-state index contributed by atoms with van der Waals surface area (Å²) in [5.74, 6) is 1.29. The van der Waals surface area contributed by atoms with Gasteiger partial charge in [0.2, 0.25) is 5.91 Å². The standard InChI is InChI=1S/C14H22N2O2S/c1-3-11(2)13(17)8-16-14(18)10-19-9-12-6-4-5-7-15-12/h4-7,11,13,17H,3,8-10H2,1-2H3,(H,16,18). The van der Waals surface area contributed by atoms with Crippen LogP contribution in [0, 0.1) is 5.92 Å². The van der Waals surface area contributed by atoms with Crippen molar-refractivity contribution in [1.29, 1.82) is 0 Å². The molecule has 106 valence electrons. The summed E-state index contributed by atoms with van der Waals surface area (Å²) in [6, 6.07) is 5.75. The number of aromatic nitrogens is 1. The molecule has 0 aliphatic rings. The minimum Gasteiger partial charge on any atom is -0.391 e. The predicted octanol–water partition coefficient (Wildman–Crippen LogP) is 1.84. The number of nitrogens with zero attached hydrogens (tertiary/aromatic N) is 1. The van der Waals surface area contributed by atoms with Crippen LogP contribution in [0.25, 0.3) is 0 Å². The van der Waals surface area contributed by atoms with Crippen LogP contribution >= 0.6 is 11.8 Å². The summed E-state index contributed by atoms with van der Waals surface area (Å²) >= 11 is 1.52. The number of rotatable bonds is 8. The van der Waals surface area contributed by atoms with E-state index in [-0.39, 0.29) is 11.8 Å². The molecule has 4 nitrogen and oxygen atoms in total. The molecular weight excluding hydrogens is 260 g/mol. The lowest BCUT2D eigenvalue weighted by atomic mass is 10.0. The quantitative estimate of drug-likeness (QED) is 0.764. The van der Waals surface area contributed by atoms with Gasteiger partial charge in [-0.3, -0.25) is 9.78 Å². The van der Waals surface area contributed by atoms with Gasteiger partial charge in [0.1, 0.15) is 0 Å². The Bertz CT molecular complexity index is 373. The van der Waals surface area contributed by atoms with Crippen LogP contribution in [0.15, 0.2) is 24.4 Å². The molecule has 0 radical (unpaired) electrons. The van der Waals surface area contributed by atoms with Gasteiger partial charge in [0.05, 0.1) is 17.6 Å². The maximum absolute atomic E-state index is 11.6. The number of hydrogen-bond acceptors (Lipinski definition) is 4. The molecule has 1 rings (SSSR count). The Labute approximate surface area is 119 Å². The lowest BCUT2D eigenvalue weighted by Gasteiger charge is -2.17. The lowest BCUT2D eigenvalue weighted by Crippen LogP contribution is -2.36. The maximum Gasteiger partial charge on any atom is 0.230 e. The highest BCUT2D eigenvalue weighted by atomic mass is 32.2. The highest BCUT2D eigenvalue weighted by Crippen LogP contribution is 2.09. The molecule has 0 aromatic carbocycles. The minimum atomic E-state index is -0.463. The Morgan fingerprint density at radius 1 is 1.53 bits per heavy atom. The largest absolute Gasteiger partial charge is 0.391 e. The zero-order valence-electron chi connectivity index (χ0n) is 11.5. The number of aliphatic hydroxyl groups excluding tert-OH is 1. The number of amides is 1. The third kappa shape index (κ3) is 6.59. The van der Waals surface area contributed by atoms with E-state index >= 15 is 0 Å². The Kier molecular flexibility index (Phi) is 7.52. The molecule has 0 saturated carbocycles. The number of pyridine rings is 1. The molecule has 1 amide bonds. The minimum absolute atomic E-state index is 0.0386. The first-order valence-electron chi connectivity index (χ1n) is 6.56. The fourth-order valence-corrected chi connectivity index (χ4v) is 2.24. The van der Waals surface area contributed by atoms with Gasteiger partial charge in [0.25, 0.3) is 0 Å². The zero-order valence-corrected chi connectivity index (χ0v) is 12.3. The summed E-state index contributed by atoms with van der Waals surface area (Å²) in [5.41, 5.74) is 0.972. The van der Waals surface area contributed by atoms with Crippen LogP contribution in [0.1, 0.15) is 26.0 Å². The average Bonchev–Trinajstić information content (AvgIpc) is 2.45. The number of aliphatic hydroxyl groups is 1. The van der Waals surface area contributed by atoms with Gasteiger partial charge in [-0.25, -0.2) is 0 Å². The number of carbonyl (C=O) groups is 1. The van der Waals surface area contributed by atoms with Gasteiger partial charge in [-0.05, 0) is 18.1 Å². The molecule has 2 atom stereocenters. The van der Waals surface area contributed by atoms with Gasteiger partial charge in [-0.1, -0.05) is 26.3 Å². The van der Waals surface area contributed by atoms with Gasteiger partial charge < -0.3 is 10.4 Å². The SMILES string of the molecule is CCC(C)C(O)CNC(=O)CSCc1ccccn1. The van der Waals surface area contributed by atoms with E-state index in [1.54, 1.807) is 6.20 Å². The Balaban J connectivity index is 2.15. The molecule has 2 N–H and O–H groups in total. The van der Waals surface area contributed by atoms with Crippen molar-refractivity contribution in [2.24, 2.45) is 5.92 Å². The van der Waals surface area contributed by atoms with Crippen molar-refractivity contribution in [1.82, 2.24) is 10.3 Å². The molecular formula is C14H22N2O2S. The topological polar surface area (TPSA) is 62.2 Å². The molecule has 0 saturated heterocycles. The fourth-order valence-electron chi connectivity index (χ4n) is 1.47. The summed E-state index contributed by atoms with van der Waals surface area (Å²) in [4.78, 5) is 15.8. The van der Waals surface area contributed by atoms with E-state index in [0.29, 0.717) is 12.3 Å². The van der Waals surface area contributed by atoms with E-state index in [2.05, 4.69) is 10.3 Å². The highest BCUT2D eigenvalue weighted by Gasteiger charge is 2.13. The Morgan fingerprint density at radius 2 is 2.32 bits per heavy atom. The van der Waals surface area contributed by atoms with E-state index in [4.69, 9.17) is 0 Å². The van der Waals surface area contributed by atoms with Crippen molar-refractivity contribution in [2.75, 3.05) is 12.3 Å². The second-order valence-corrected chi connectivity index (χ2v) is 5.56. The Hall–Kier alpha value is -1.07. The number of carbonyl (C=O) groups excluding carboxylic acids is 1. The van der Waals surface area contributed by atoms with Crippen molar-refractivity contribution < 1.29 is 9.90 Å². The number of nitrogens with one attached hydrogen (secondary N) is 1. The molecule has 2 unspecified atom stereocenters. The van der Waals surface area contributed by atoms with E-state index < -0.39 is 6.10 Å². The van der Waals surface area contributed by atoms with Crippen molar-refractivity contribution in [3.63, 3.8) is 0 Å². The first kappa shape index (κ1) is 16.0. The van der Waals surface area contributed by atoms with Crippen LogP contribution < -0.4 is 5.32 Å². The van der Waals surface area contributed by atoms with Crippen molar-refractivity contribution >= 4 is 17.7 Å². The van der Waals surface area contributed by atoms with E-state index in [1.807, 2.05) is 32.0 Å². The summed E-state index contributed by atoms with van der Waals surface area (Å²) in [5, 5.41) is 12.5. The fraction of sp³-hybridized carbons (Fsp3) is 0.571. The average molecular weight is 282 g/mol.